The largest absolute Gasteiger partial charge is 0.381 e. The van der Waals surface area contributed by atoms with E-state index in [2.05, 4.69) is 35.2 Å². The van der Waals surface area contributed by atoms with Gasteiger partial charge < -0.3 is 14.6 Å². The number of nitrogens with one attached hydrogen (secondary N) is 3. The predicted octanol–water partition coefficient (Wildman–Crippen LogP) is 2.44. The van der Waals surface area contributed by atoms with Crippen molar-refractivity contribution in [2.75, 3.05) is 19.8 Å². The highest BCUT2D eigenvalue weighted by Crippen LogP contribution is 2.36. The van der Waals surface area contributed by atoms with Crippen LogP contribution in [0.1, 0.15) is 32.4 Å². The normalized spacial score (nSPS) is 25.9. The fourth-order valence-electron chi connectivity index (χ4n) is 4.43. The minimum atomic E-state index is -0.615. The van der Waals surface area contributed by atoms with E-state index in [4.69, 9.17) is 9.26 Å². The molecule has 2 aliphatic heterocycles. The van der Waals surface area contributed by atoms with Crippen molar-refractivity contribution in [1.82, 2.24) is 21.3 Å². The fraction of sp³-hybridized carbons (Fsp3) is 0.545. The Hall–Kier alpha value is -2.29. The van der Waals surface area contributed by atoms with E-state index in [1.165, 1.54) is 6.07 Å². The lowest BCUT2D eigenvalue weighted by molar-refractivity contribution is -0.137. The van der Waals surface area contributed by atoms with Gasteiger partial charge in [-0.05, 0) is 38.8 Å². The molecule has 2 saturated heterocycles. The lowest BCUT2D eigenvalue weighted by atomic mass is 9.75. The quantitative estimate of drug-likeness (QED) is 0.670. The highest BCUT2D eigenvalue weighted by Gasteiger charge is 2.42. The molecule has 0 bridgehead atoms. The zero-order valence-corrected chi connectivity index (χ0v) is 17.4. The molecule has 7 nitrogen and oxygen atoms in total. The fourth-order valence-corrected chi connectivity index (χ4v) is 4.43. The lowest BCUT2D eigenvalue weighted by Crippen LogP contribution is -2.48. The molecule has 0 aliphatic carbocycles. The molecule has 2 aliphatic rings. The number of carbonyl (C=O) groups excluding carboxylic acids is 1. The number of hydrazine groups is 1. The molecule has 3 heterocycles. The van der Waals surface area contributed by atoms with Crippen molar-refractivity contribution < 1.29 is 18.4 Å². The molecular formula is C22H29FN4O3. The van der Waals surface area contributed by atoms with Crippen LogP contribution in [0.15, 0.2) is 34.9 Å². The summed E-state index contributed by atoms with van der Waals surface area (Å²) >= 11 is 0. The van der Waals surface area contributed by atoms with Gasteiger partial charge >= 0.3 is 0 Å². The number of benzene rings is 1. The summed E-state index contributed by atoms with van der Waals surface area (Å²) in [6, 6.07) is 8.75. The first kappa shape index (κ1) is 21.0. The molecule has 162 valence electrons. The van der Waals surface area contributed by atoms with E-state index in [9.17, 15) is 9.18 Å². The molecule has 2 aromatic rings. The van der Waals surface area contributed by atoms with Crippen LogP contribution in [0, 0.1) is 17.2 Å². The molecule has 1 aromatic heterocycles. The van der Waals surface area contributed by atoms with E-state index < -0.39 is 5.41 Å². The molecule has 2 fully saturated rings. The summed E-state index contributed by atoms with van der Waals surface area (Å²) in [6.45, 7) is 5.87. The first-order valence-corrected chi connectivity index (χ1v) is 10.6. The molecule has 2 atom stereocenters. The zero-order chi connectivity index (χ0) is 21.1. The smallest absolute Gasteiger partial charge is 0.226 e. The summed E-state index contributed by atoms with van der Waals surface area (Å²) in [4.78, 5) is 13.3. The summed E-state index contributed by atoms with van der Waals surface area (Å²) in [5, 5.41) is 7.20. The maximum atomic E-state index is 14.1. The Morgan fingerprint density at radius 3 is 2.63 bits per heavy atom. The number of hydrogen-bond donors (Lipinski definition) is 3. The van der Waals surface area contributed by atoms with Gasteiger partial charge in [0.15, 0.2) is 0 Å². The van der Waals surface area contributed by atoms with Crippen molar-refractivity contribution in [3.63, 3.8) is 0 Å². The van der Waals surface area contributed by atoms with Crippen LogP contribution in [0.2, 0.25) is 0 Å². The minimum Gasteiger partial charge on any atom is -0.381 e. The Labute approximate surface area is 175 Å². The molecule has 1 amide bonds. The van der Waals surface area contributed by atoms with Crippen molar-refractivity contribution in [3.8, 4) is 11.3 Å². The van der Waals surface area contributed by atoms with Gasteiger partial charge in [0, 0.05) is 55.8 Å². The van der Waals surface area contributed by atoms with E-state index in [0.717, 1.165) is 0 Å². The van der Waals surface area contributed by atoms with Crippen molar-refractivity contribution >= 4 is 5.91 Å². The Kier molecular flexibility index (Phi) is 6.17. The molecule has 0 saturated carbocycles. The molecular weight excluding hydrogens is 387 g/mol. The molecule has 2 unspecified atom stereocenters. The van der Waals surface area contributed by atoms with Crippen LogP contribution in [0.5, 0.6) is 0 Å². The van der Waals surface area contributed by atoms with Crippen molar-refractivity contribution in [3.05, 3.63) is 41.9 Å². The van der Waals surface area contributed by atoms with Crippen molar-refractivity contribution in [2.45, 2.75) is 45.2 Å². The highest BCUT2D eigenvalue weighted by atomic mass is 19.1. The lowest BCUT2D eigenvalue weighted by Gasteiger charge is -2.35. The van der Waals surface area contributed by atoms with Crippen LogP contribution in [0.25, 0.3) is 11.3 Å². The summed E-state index contributed by atoms with van der Waals surface area (Å²) < 4.78 is 25.1. The monoisotopic (exact) mass is 416 g/mol. The molecule has 0 radical (unpaired) electrons. The number of nitrogens with zero attached hydrogens (tertiary/aromatic N) is 1. The third kappa shape index (κ3) is 4.26. The van der Waals surface area contributed by atoms with Gasteiger partial charge in [0.05, 0.1) is 5.41 Å². The molecule has 4 rings (SSSR count). The zero-order valence-electron chi connectivity index (χ0n) is 17.4. The molecule has 1 aromatic carbocycles. The number of aromatic nitrogens is 1. The van der Waals surface area contributed by atoms with Crippen LogP contribution in [-0.4, -0.2) is 42.9 Å². The molecule has 0 spiro atoms. The SMILES string of the molecule is CC1NNC(C)C1CNC(=O)C1(Cc2cc(-c3ccccc3F)no2)CCOCC1. The summed E-state index contributed by atoms with van der Waals surface area (Å²) in [5.74, 6) is 0.554. The Morgan fingerprint density at radius 2 is 1.93 bits per heavy atom. The molecule has 8 heteroatoms. The maximum absolute atomic E-state index is 14.1. The van der Waals surface area contributed by atoms with E-state index in [1.807, 2.05) is 0 Å². The van der Waals surface area contributed by atoms with E-state index >= 15 is 0 Å². The van der Waals surface area contributed by atoms with Gasteiger partial charge in [-0.25, -0.2) is 4.39 Å². The Balaban J connectivity index is 1.48. The number of halogens is 1. The average Bonchev–Trinajstić information content (AvgIpc) is 3.33. The number of rotatable bonds is 6. The van der Waals surface area contributed by atoms with E-state index in [0.29, 0.717) is 62.0 Å². The van der Waals surface area contributed by atoms with Crippen LogP contribution in [0.4, 0.5) is 4.39 Å². The Bertz CT molecular complexity index is 871. The van der Waals surface area contributed by atoms with Gasteiger partial charge in [0.1, 0.15) is 17.3 Å². The second-order valence-corrected chi connectivity index (χ2v) is 8.47. The van der Waals surface area contributed by atoms with Gasteiger partial charge in [-0.15, -0.1) is 0 Å². The maximum Gasteiger partial charge on any atom is 0.226 e. The van der Waals surface area contributed by atoms with Crippen molar-refractivity contribution in [1.29, 1.82) is 0 Å². The topological polar surface area (TPSA) is 88.4 Å². The van der Waals surface area contributed by atoms with Gasteiger partial charge in [0.25, 0.3) is 0 Å². The third-order valence-corrected chi connectivity index (χ3v) is 6.47. The highest BCUT2D eigenvalue weighted by molar-refractivity contribution is 5.83. The third-order valence-electron chi connectivity index (χ3n) is 6.47. The first-order valence-electron chi connectivity index (χ1n) is 10.6. The number of hydrogen-bond acceptors (Lipinski definition) is 6. The second-order valence-electron chi connectivity index (χ2n) is 8.47. The van der Waals surface area contributed by atoms with Crippen LogP contribution in [-0.2, 0) is 16.0 Å². The second kappa shape index (κ2) is 8.83. The average molecular weight is 416 g/mol. The number of carbonyl (C=O) groups is 1. The van der Waals surface area contributed by atoms with Crippen molar-refractivity contribution in [2.24, 2.45) is 11.3 Å². The standard InChI is InChI=1S/C22H29FN4O3/c1-14-18(15(2)26-25-14)13-24-21(28)22(7-9-29-10-8-22)12-16-11-20(27-30-16)17-5-3-4-6-19(17)23/h3-6,11,14-15,18,25-26H,7-10,12-13H2,1-2H3,(H,24,28). The van der Waals surface area contributed by atoms with Crippen LogP contribution in [0.3, 0.4) is 0 Å². The van der Waals surface area contributed by atoms with Gasteiger partial charge in [-0.2, -0.15) is 0 Å². The van der Waals surface area contributed by atoms with Gasteiger partial charge in [-0.1, -0.05) is 17.3 Å². The first-order chi connectivity index (χ1) is 14.5. The molecule has 30 heavy (non-hydrogen) atoms. The van der Waals surface area contributed by atoms with Gasteiger partial charge in [-0.3, -0.25) is 15.6 Å². The summed E-state index contributed by atoms with van der Waals surface area (Å²) in [5.41, 5.74) is 6.66. The number of ether oxygens (including phenoxy) is 1. The molecule has 3 N–H and O–H groups in total. The van der Waals surface area contributed by atoms with Gasteiger partial charge in [0.2, 0.25) is 5.91 Å². The minimum absolute atomic E-state index is 0.0148. The predicted molar refractivity (Wildman–Crippen MR) is 110 cm³/mol. The Morgan fingerprint density at radius 1 is 1.23 bits per heavy atom. The summed E-state index contributed by atoms with van der Waals surface area (Å²) in [7, 11) is 0. The number of amides is 1. The van der Waals surface area contributed by atoms with Crippen LogP contribution >= 0.6 is 0 Å². The van der Waals surface area contributed by atoms with Crippen LogP contribution < -0.4 is 16.2 Å². The summed E-state index contributed by atoms with van der Waals surface area (Å²) in [6.07, 6.45) is 1.64. The van der Waals surface area contributed by atoms with E-state index in [1.54, 1.807) is 24.3 Å². The van der Waals surface area contributed by atoms with E-state index in [-0.39, 0.29) is 23.8 Å².